The topological polar surface area (TPSA) is 62.8 Å². The molecule has 0 aliphatic heterocycles. The highest BCUT2D eigenvalue weighted by molar-refractivity contribution is 5.28. The van der Waals surface area contributed by atoms with Crippen molar-refractivity contribution in [1.82, 2.24) is 20.5 Å². The van der Waals surface area contributed by atoms with E-state index >= 15 is 0 Å². The second-order valence-corrected chi connectivity index (χ2v) is 4.83. The average molecular weight is 274 g/mol. The van der Waals surface area contributed by atoms with Crippen molar-refractivity contribution in [2.75, 3.05) is 6.54 Å². The smallest absolute Gasteiger partial charge is 0.240 e. The van der Waals surface area contributed by atoms with Crippen molar-refractivity contribution in [2.24, 2.45) is 0 Å². The second-order valence-electron chi connectivity index (χ2n) is 4.83. The van der Waals surface area contributed by atoms with E-state index in [1.807, 2.05) is 19.1 Å². The van der Waals surface area contributed by atoms with Crippen LogP contribution in [-0.2, 0) is 13.0 Å². The molecule has 20 heavy (non-hydrogen) atoms. The molecule has 108 valence electrons. The van der Waals surface area contributed by atoms with Gasteiger partial charge < -0.3 is 10.1 Å². The van der Waals surface area contributed by atoms with E-state index < -0.39 is 0 Å². The maximum absolute atomic E-state index is 5.73. The SMILES string of the molecule is CCCc1cc(CNCC)cc(Oc2cc(C)[nH]n2)n1. The lowest BCUT2D eigenvalue weighted by Gasteiger charge is -2.08. The third-order valence-corrected chi connectivity index (χ3v) is 2.89. The zero-order valence-electron chi connectivity index (χ0n) is 12.4. The van der Waals surface area contributed by atoms with Gasteiger partial charge in [-0.15, -0.1) is 5.10 Å². The molecule has 2 heterocycles. The Morgan fingerprint density at radius 2 is 2.05 bits per heavy atom. The van der Waals surface area contributed by atoms with Gasteiger partial charge in [0, 0.05) is 30.1 Å². The number of hydrogen-bond acceptors (Lipinski definition) is 4. The van der Waals surface area contributed by atoms with Crippen LogP contribution in [0.15, 0.2) is 18.2 Å². The average Bonchev–Trinajstić information content (AvgIpc) is 2.82. The van der Waals surface area contributed by atoms with Crippen molar-refractivity contribution in [3.63, 3.8) is 0 Å². The van der Waals surface area contributed by atoms with Gasteiger partial charge in [-0.25, -0.2) is 4.98 Å². The van der Waals surface area contributed by atoms with Crippen molar-refractivity contribution < 1.29 is 4.74 Å². The second kappa shape index (κ2) is 7.05. The fourth-order valence-electron chi connectivity index (χ4n) is 1.98. The monoisotopic (exact) mass is 274 g/mol. The summed E-state index contributed by atoms with van der Waals surface area (Å²) in [7, 11) is 0. The van der Waals surface area contributed by atoms with Crippen molar-refractivity contribution in [1.29, 1.82) is 0 Å². The van der Waals surface area contributed by atoms with Gasteiger partial charge in [0.2, 0.25) is 11.8 Å². The molecule has 5 heteroatoms. The van der Waals surface area contributed by atoms with Crippen LogP contribution >= 0.6 is 0 Å². The molecular formula is C15H22N4O. The fourth-order valence-corrected chi connectivity index (χ4v) is 1.98. The third kappa shape index (κ3) is 4.06. The summed E-state index contributed by atoms with van der Waals surface area (Å²) in [5, 5.41) is 10.3. The lowest BCUT2D eigenvalue weighted by molar-refractivity contribution is 0.440. The summed E-state index contributed by atoms with van der Waals surface area (Å²) in [6.07, 6.45) is 2.02. The van der Waals surface area contributed by atoms with Gasteiger partial charge in [0.25, 0.3) is 0 Å². The number of ether oxygens (including phenoxy) is 1. The number of H-pyrrole nitrogens is 1. The molecule has 0 radical (unpaired) electrons. The van der Waals surface area contributed by atoms with E-state index in [4.69, 9.17) is 4.74 Å². The van der Waals surface area contributed by atoms with E-state index in [2.05, 4.69) is 40.4 Å². The third-order valence-electron chi connectivity index (χ3n) is 2.89. The molecule has 2 aromatic heterocycles. The molecule has 0 aromatic carbocycles. The largest absolute Gasteiger partial charge is 0.419 e. The number of hydrogen-bond donors (Lipinski definition) is 2. The van der Waals surface area contributed by atoms with Crippen LogP contribution in [0.4, 0.5) is 0 Å². The fraction of sp³-hybridized carbons (Fsp3) is 0.467. The van der Waals surface area contributed by atoms with E-state index in [9.17, 15) is 0 Å². The van der Waals surface area contributed by atoms with E-state index in [-0.39, 0.29) is 0 Å². The number of pyridine rings is 1. The molecule has 2 N–H and O–H groups in total. The highest BCUT2D eigenvalue weighted by Gasteiger charge is 2.06. The van der Waals surface area contributed by atoms with Crippen LogP contribution in [0.5, 0.6) is 11.8 Å². The Labute approximate surface area is 119 Å². The first kappa shape index (κ1) is 14.5. The van der Waals surface area contributed by atoms with Gasteiger partial charge in [0.15, 0.2) is 0 Å². The standard InChI is InChI=1S/C15H22N4O/c1-4-6-13-8-12(10-16-5-2)9-14(17-13)20-15-7-11(3)18-19-15/h7-9,16H,4-6,10H2,1-3H3,(H,18,19). The lowest BCUT2D eigenvalue weighted by atomic mass is 10.1. The van der Waals surface area contributed by atoms with Crippen LogP contribution in [0.25, 0.3) is 0 Å². The van der Waals surface area contributed by atoms with E-state index in [0.29, 0.717) is 11.8 Å². The predicted molar refractivity (Wildman–Crippen MR) is 79.0 cm³/mol. The Bertz CT molecular complexity index is 551. The highest BCUT2D eigenvalue weighted by Crippen LogP contribution is 2.20. The number of rotatable bonds is 7. The van der Waals surface area contributed by atoms with Gasteiger partial charge in [0.1, 0.15) is 0 Å². The van der Waals surface area contributed by atoms with Gasteiger partial charge in [0.05, 0.1) is 0 Å². The molecule has 0 fully saturated rings. The minimum atomic E-state index is 0.554. The maximum Gasteiger partial charge on any atom is 0.240 e. The molecule has 0 saturated carbocycles. The molecule has 5 nitrogen and oxygen atoms in total. The van der Waals surface area contributed by atoms with Crippen molar-refractivity contribution in [2.45, 2.75) is 40.2 Å². The minimum absolute atomic E-state index is 0.554. The van der Waals surface area contributed by atoms with Crippen molar-refractivity contribution in [3.8, 4) is 11.8 Å². The van der Waals surface area contributed by atoms with Crippen LogP contribution in [0, 0.1) is 6.92 Å². The molecule has 0 aliphatic carbocycles. The normalized spacial score (nSPS) is 10.8. The number of nitrogens with zero attached hydrogens (tertiary/aromatic N) is 2. The lowest BCUT2D eigenvalue weighted by Crippen LogP contribution is -2.12. The molecule has 0 aliphatic rings. The molecule has 2 rings (SSSR count). The molecule has 0 unspecified atom stereocenters. The van der Waals surface area contributed by atoms with Gasteiger partial charge in [-0.05, 0) is 31.5 Å². The first-order valence-corrected chi connectivity index (χ1v) is 7.11. The van der Waals surface area contributed by atoms with Crippen LogP contribution in [0.1, 0.15) is 37.2 Å². The van der Waals surface area contributed by atoms with Gasteiger partial charge in [-0.2, -0.15) is 0 Å². The zero-order valence-corrected chi connectivity index (χ0v) is 12.4. The van der Waals surface area contributed by atoms with Crippen molar-refractivity contribution >= 4 is 0 Å². The molecule has 0 spiro atoms. The van der Waals surface area contributed by atoms with Gasteiger partial charge in [-0.1, -0.05) is 20.3 Å². The Hall–Kier alpha value is -1.88. The molecular weight excluding hydrogens is 252 g/mol. The number of aromatic nitrogens is 3. The first-order chi connectivity index (χ1) is 9.71. The summed E-state index contributed by atoms with van der Waals surface area (Å²) in [5.74, 6) is 1.16. The molecule has 0 atom stereocenters. The van der Waals surface area contributed by atoms with Crippen LogP contribution in [0.3, 0.4) is 0 Å². The number of aromatic amines is 1. The molecule has 0 saturated heterocycles. The van der Waals surface area contributed by atoms with Gasteiger partial charge >= 0.3 is 0 Å². The summed E-state index contributed by atoms with van der Waals surface area (Å²) >= 11 is 0. The summed E-state index contributed by atoms with van der Waals surface area (Å²) in [4.78, 5) is 4.53. The maximum atomic E-state index is 5.73. The van der Waals surface area contributed by atoms with E-state index in [0.717, 1.165) is 37.3 Å². The van der Waals surface area contributed by atoms with Crippen molar-refractivity contribution in [3.05, 3.63) is 35.2 Å². The van der Waals surface area contributed by atoms with E-state index in [1.165, 1.54) is 5.56 Å². The van der Waals surface area contributed by atoms with Crippen LogP contribution in [0.2, 0.25) is 0 Å². The summed E-state index contributed by atoms with van der Waals surface area (Å²) in [6, 6.07) is 5.96. The van der Waals surface area contributed by atoms with Gasteiger partial charge in [-0.3, -0.25) is 5.10 Å². The summed E-state index contributed by atoms with van der Waals surface area (Å²) in [5.41, 5.74) is 3.22. The molecule has 0 amide bonds. The Morgan fingerprint density at radius 1 is 1.20 bits per heavy atom. The minimum Gasteiger partial charge on any atom is -0.419 e. The highest BCUT2D eigenvalue weighted by atomic mass is 16.5. The summed E-state index contributed by atoms with van der Waals surface area (Å²) < 4.78 is 5.73. The first-order valence-electron chi connectivity index (χ1n) is 7.11. The number of aryl methyl sites for hydroxylation is 2. The van der Waals surface area contributed by atoms with Crippen LogP contribution in [-0.4, -0.2) is 21.7 Å². The Kier molecular flexibility index (Phi) is 5.12. The Balaban J connectivity index is 2.18. The molecule has 2 aromatic rings. The van der Waals surface area contributed by atoms with Crippen LogP contribution < -0.4 is 10.1 Å². The zero-order chi connectivity index (χ0) is 14.4. The quantitative estimate of drug-likeness (QED) is 0.814. The Morgan fingerprint density at radius 3 is 2.70 bits per heavy atom. The number of nitrogens with one attached hydrogen (secondary N) is 2. The van der Waals surface area contributed by atoms with E-state index in [1.54, 1.807) is 0 Å². The molecule has 0 bridgehead atoms. The predicted octanol–water partition coefficient (Wildman–Crippen LogP) is 2.97. The summed E-state index contributed by atoms with van der Waals surface area (Å²) in [6.45, 7) is 7.96.